The van der Waals surface area contributed by atoms with Crippen molar-refractivity contribution in [3.63, 3.8) is 0 Å². The van der Waals surface area contributed by atoms with Gasteiger partial charge < -0.3 is 10.3 Å². The van der Waals surface area contributed by atoms with E-state index in [1.165, 1.54) is 12.5 Å². The molecule has 20 heavy (non-hydrogen) atoms. The second-order valence-corrected chi connectivity index (χ2v) is 5.60. The van der Waals surface area contributed by atoms with E-state index >= 15 is 0 Å². The number of hydrogen-bond acceptors (Lipinski definition) is 4. The Morgan fingerprint density at radius 1 is 1.25 bits per heavy atom. The summed E-state index contributed by atoms with van der Waals surface area (Å²) in [6, 6.07) is 4.79. The Morgan fingerprint density at radius 3 is 2.70 bits per heavy atom. The van der Waals surface area contributed by atoms with Crippen molar-refractivity contribution in [2.75, 3.05) is 0 Å². The average molecular weight is 275 g/mol. The van der Waals surface area contributed by atoms with Gasteiger partial charge in [-0.1, -0.05) is 24.4 Å². The normalized spacial score (nSPS) is 18.1. The number of aromatic nitrogens is 2. The zero-order chi connectivity index (χ0) is 14.2. The van der Waals surface area contributed by atoms with Gasteiger partial charge in [0.15, 0.2) is 0 Å². The molecule has 2 aromatic rings. The molecule has 1 saturated carbocycles. The van der Waals surface area contributed by atoms with Crippen LogP contribution in [0.25, 0.3) is 11.4 Å². The van der Waals surface area contributed by atoms with Gasteiger partial charge in [0, 0.05) is 5.56 Å². The van der Waals surface area contributed by atoms with Gasteiger partial charge in [0.25, 0.3) is 0 Å². The van der Waals surface area contributed by atoms with Crippen molar-refractivity contribution in [3.05, 3.63) is 35.5 Å². The number of aryl methyl sites for hydroxylation is 1. The number of nitrogens with zero attached hydrogens (tertiary/aromatic N) is 2. The molecule has 106 valence electrons. The number of rotatable bonds is 2. The number of halogens is 1. The molecule has 1 aromatic heterocycles. The van der Waals surface area contributed by atoms with Crippen LogP contribution in [0.1, 0.15) is 43.6 Å². The van der Waals surface area contributed by atoms with Crippen molar-refractivity contribution < 1.29 is 8.91 Å². The quantitative estimate of drug-likeness (QED) is 0.913. The monoisotopic (exact) mass is 275 g/mol. The van der Waals surface area contributed by atoms with E-state index in [-0.39, 0.29) is 5.82 Å². The minimum atomic E-state index is -0.501. The standard InChI is InChI=1S/C15H18FN3O/c1-10-9-11(5-6-12(10)16)13-18-14(20-19-13)15(17)7-3-2-4-8-15/h5-6,9H,2-4,7-8,17H2,1H3. The minimum absolute atomic E-state index is 0.236. The molecule has 1 heterocycles. The van der Waals surface area contributed by atoms with Gasteiger partial charge in [-0.05, 0) is 43.5 Å². The molecule has 0 radical (unpaired) electrons. The summed E-state index contributed by atoms with van der Waals surface area (Å²) in [6.45, 7) is 1.71. The number of hydrogen-bond donors (Lipinski definition) is 1. The Balaban J connectivity index is 1.91. The van der Waals surface area contributed by atoms with Gasteiger partial charge in [-0.2, -0.15) is 4.98 Å². The molecule has 0 spiro atoms. The van der Waals surface area contributed by atoms with Crippen molar-refractivity contribution in [1.82, 2.24) is 10.1 Å². The fraction of sp³-hybridized carbons (Fsp3) is 0.467. The van der Waals surface area contributed by atoms with Crippen molar-refractivity contribution in [3.8, 4) is 11.4 Å². The van der Waals surface area contributed by atoms with E-state index in [4.69, 9.17) is 10.3 Å². The third-order valence-electron chi connectivity index (χ3n) is 4.01. The second-order valence-electron chi connectivity index (χ2n) is 5.60. The van der Waals surface area contributed by atoms with Crippen LogP contribution in [0, 0.1) is 12.7 Å². The fourth-order valence-electron chi connectivity index (χ4n) is 2.72. The molecule has 3 rings (SSSR count). The minimum Gasteiger partial charge on any atom is -0.337 e. The third-order valence-corrected chi connectivity index (χ3v) is 4.01. The van der Waals surface area contributed by atoms with Crippen LogP contribution in [0.2, 0.25) is 0 Å². The molecule has 2 N–H and O–H groups in total. The Hall–Kier alpha value is -1.75. The van der Waals surface area contributed by atoms with Crippen molar-refractivity contribution in [2.45, 2.75) is 44.6 Å². The predicted octanol–water partition coefficient (Wildman–Crippen LogP) is 3.30. The lowest BCUT2D eigenvalue weighted by molar-refractivity contribution is 0.220. The second kappa shape index (κ2) is 4.98. The zero-order valence-corrected chi connectivity index (χ0v) is 11.5. The average Bonchev–Trinajstić information content (AvgIpc) is 2.93. The smallest absolute Gasteiger partial charge is 0.247 e. The van der Waals surface area contributed by atoms with Crippen LogP contribution < -0.4 is 5.73 Å². The Bertz CT molecular complexity index is 617. The Morgan fingerprint density at radius 2 is 2.00 bits per heavy atom. The molecular formula is C15H18FN3O. The molecule has 1 fully saturated rings. The first kappa shape index (κ1) is 13.2. The summed E-state index contributed by atoms with van der Waals surface area (Å²) in [4.78, 5) is 4.42. The summed E-state index contributed by atoms with van der Waals surface area (Å²) in [5.74, 6) is 0.729. The zero-order valence-electron chi connectivity index (χ0n) is 11.5. The summed E-state index contributed by atoms with van der Waals surface area (Å²) in [5, 5.41) is 3.99. The first-order valence-corrected chi connectivity index (χ1v) is 6.98. The highest BCUT2D eigenvalue weighted by molar-refractivity contribution is 5.55. The van der Waals surface area contributed by atoms with Crippen molar-refractivity contribution >= 4 is 0 Å². The van der Waals surface area contributed by atoms with Gasteiger partial charge in [-0.25, -0.2) is 4.39 Å². The summed E-state index contributed by atoms with van der Waals surface area (Å²) >= 11 is 0. The van der Waals surface area contributed by atoms with Crippen LogP contribution in [0.5, 0.6) is 0 Å². The van der Waals surface area contributed by atoms with E-state index < -0.39 is 5.54 Å². The topological polar surface area (TPSA) is 64.9 Å². The van der Waals surface area contributed by atoms with Gasteiger partial charge in [0.1, 0.15) is 5.82 Å². The van der Waals surface area contributed by atoms with E-state index in [1.54, 1.807) is 19.1 Å². The molecule has 1 aromatic carbocycles. The molecular weight excluding hydrogens is 257 g/mol. The van der Waals surface area contributed by atoms with Crippen molar-refractivity contribution in [1.29, 1.82) is 0 Å². The summed E-state index contributed by atoms with van der Waals surface area (Å²) in [5.41, 5.74) is 7.18. The fourth-order valence-corrected chi connectivity index (χ4v) is 2.72. The molecule has 0 unspecified atom stereocenters. The number of nitrogens with two attached hydrogens (primary N) is 1. The molecule has 5 heteroatoms. The molecule has 1 aliphatic carbocycles. The third kappa shape index (κ3) is 2.33. The van der Waals surface area contributed by atoms with Crippen LogP contribution in [0.15, 0.2) is 22.7 Å². The maximum atomic E-state index is 13.3. The molecule has 0 amide bonds. The molecule has 4 nitrogen and oxygen atoms in total. The lowest BCUT2D eigenvalue weighted by Crippen LogP contribution is -2.38. The maximum absolute atomic E-state index is 13.3. The Labute approximate surface area is 117 Å². The molecule has 0 bridgehead atoms. The summed E-state index contributed by atoms with van der Waals surface area (Å²) in [7, 11) is 0. The van der Waals surface area contributed by atoms with Gasteiger partial charge in [0.2, 0.25) is 11.7 Å². The van der Waals surface area contributed by atoms with Gasteiger partial charge >= 0.3 is 0 Å². The SMILES string of the molecule is Cc1cc(-c2noc(C3(N)CCCCC3)n2)ccc1F. The first-order chi connectivity index (χ1) is 9.58. The van der Waals surface area contributed by atoms with Crippen LogP contribution >= 0.6 is 0 Å². The highest BCUT2D eigenvalue weighted by Gasteiger charge is 2.35. The van der Waals surface area contributed by atoms with Crippen molar-refractivity contribution in [2.24, 2.45) is 5.73 Å². The van der Waals surface area contributed by atoms with Crippen LogP contribution in [0.4, 0.5) is 4.39 Å². The predicted molar refractivity (Wildman–Crippen MR) is 73.4 cm³/mol. The molecule has 0 aliphatic heterocycles. The van der Waals surface area contributed by atoms with E-state index in [0.29, 0.717) is 17.3 Å². The molecule has 1 aliphatic rings. The van der Waals surface area contributed by atoms with Gasteiger partial charge in [0.05, 0.1) is 5.54 Å². The maximum Gasteiger partial charge on any atom is 0.247 e. The highest BCUT2D eigenvalue weighted by atomic mass is 19.1. The van der Waals surface area contributed by atoms with Crippen LogP contribution in [-0.4, -0.2) is 10.1 Å². The summed E-state index contributed by atoms with van der Waals surface area (Å²) in [6.07, 6.45) is 5.12. The van der Waals surface area contributed by atoms with Crippen LogP contribution in [-0.2, 0) is 5.54 Å². The lowest BCUT2D eigenvalue weighted by atomic mass is 9.82. The Kier molecular flexibility index (Phi) is 3.30. The van der Waals surface area contributed by atoms with E-state index in [0.717, 1.165) is 31.2 Å². The van der Waals surface area contributed by atoms with E-state index in [9.17, 15) is 4.39 Å². The van der Waals surface area contributed by atoms with E-state index in [1.807, 2.05) is 0 Å². The molecule has 0 atom stereocenters. The lowest BCUT2D eigenvalue weighted by Gasteiger charge is -2.29. The molecule has 0 saturated heterocycles. The van der Waals surface area contributed by atoms with Gasteiger partial charge in [-0.3, -0.25) is 0 Å². The number of benzene rings is 1. The van der Waals surface area contributed by atoms with E-state index in [2.05, 4.69) is 10.1 Å². The largest absolute Gasteiger partial charge is 0.337 e. The van der Waals surface area contributed by atoms with Crippen LogP contribution in [0.3, 0.4) is 0 Å². The highest BCUT2D eigenvalue weighted by Crippen LogP contribution is 2.34. The first-order valence-electron chi connectivity index (χ1n) is 6.98. The van der Waals surface area contributed by atoms with Gasteiger partial charge in [-0.15, -0.1) is 0 Å². The summed E-state index contributed by atoms with van der Waals surface area (Å²) < 4.78 is 18.6.